The molecule has 3 aromatic rings. The maximum Gasteiger partial charge on any atom is 0.277 e. The van der Waals surface area contributed by atoms with Crippen molar-refractivity contribution in [3.63, 3.8) is 0 Å². The molecule has 25 heavy (non-hydrogen) atoms. The highest BCUT2D eigenvalue weighted by atomic mass is 35.5. The Morgan fingerprint density at radius 2 is 1.96 bits per heavy atom. The monoisotopic (exact) mass is 377 g/mol. The number of benzene rings is 1. The summed E-state index contributed by atoms with van der Waals surface area (Å²) < 4.78 is 2.09. The van der Waals surface area contributed by atoms with Crippen LogP contribution < -0.4 is 10.8 Å². The van der Waals surface area contributed by atoms with Crippen molar-refractivity contribution in [1.29, 1.82) is 0 Å². The van der Waals surface area contributed by atoms with Crippen LogP contribution in [-0.2, 0) is 7.05 Å². The second kappa shape index (κ2) is 6.87. The molecule has 0 aliphatic rings. The molecule has 0 saturated carbocycles. The Morgan fingerprint density at radius 3 is 2.64 bits per heavy atom. The van der Waals surface area contributed by atoms with Gasteiger partial charge in [-0.15, -0.1) is 11.3 Å². The molecule has 0 aliphatic carbocycles. The van der Waals surface area contributed by atoms with Crippen molar-refractivity contribution in [2.45, 2.75) is 13.0 Å². The number of nitrogens with zero attached hydrogens (tertiary/aromatic N) is 1. The number of fused-ring (bicyclic) bond motifs is 1. The summed E-state index contributed by atoms with van der Waals surface area (Å²) >= 11 is 7.21. The van der Waals surface area contributed by atoms with E-state index in [-0.39, 0.29) is 21.8 Å². The summed E-state index contributed by atoms with van der Waals surface area (Å²) in [7, 11) is 1.84. The fourth-order valence-corrected chi connectivity index (χ4v) is 3.95. The number of carbonyl (C=O) groups excluding carboxylic acids is 2. The van der Waals surface area contributed by atoms with E-state index >= 15 is 0 Å². The first-order valence-electron chi connectivity index (χ1n) is 7.51. The standard InChI is InChI=1S/C17H16ClN3O3S/c1-9(14-8-11(15(18)25-14)16(22)20-24)19-17(23)13-7-10-5-3-4-6-12(10)21(13)2/h3-9,24H,1-2H3,(H,19,23)(H,20,22)/t9-/m0/s1. The van der Waals surface area contributed by atoms with Gasteiger partial charge in [0.1, 0.15) is 10.0 Å². The van der Waals surface area contributed by atoms with Gasteiger partial charge in [-0.3, -0.25) is 14.8 Å². The number of nitrogens with one attached hydrogen (secondary N) is 2. The Bertz CT molecular complexity index is 963. The Kier molecular flexibility index (Phi) is 4.80. The van der Waals surface area contributed by atoms with Crippen molar-refractivity contribution >= 4 is 45.7 Å². The number of hydrogen-bond acceptors (Lipinski definition) is 4. The molecule has 0 unspecified atom stereocenters. The number of aromatic nitrogens is 1. The summed E-state index contributed by atoms with van der Waals surface area (Å²) in [6.07, 6.45) is 0. The van der Waals surface area contributed by atoms with Gasteiger partial charge >= 0.3 is 0 Å². The van der Waals surface area contributed by atoms with Crippen molar-refractivity contribution in [3.05, 3.63) is 56.9 Å². The van der Waals surface area contributed by atoms with E-state index < -0.39 is 5.91 Å². The zero-order valence-corrected chi connectivity index (χ0v) is 15.1. The lowest BCUT2D eigenvalue weighted by Gasteiger charge is -2.12. The molecule has 2 amide bonds. The van der Waals surface area contributed by atoms with Gasteiger partial charge in [0.25, 0.3) is 11.8 Å². The first-order valence-corrected chi connectivity index (χ1v) is 8.70. The Morgan fingerprint density at radius 1 is 1.24 bits per heavy atom. The van der Waals surface area contributed by atoms with Crippen LogP contribution in [-0.4, -0.2) is 21.6 Å². The van der Waals surface area contributed by atoms with Gasteiger partial charge in [-0.25, -0.2) is 5.48 Å². The zero-order valence-electron chi connectivity index (χ0n) is 13.5. The fraction of sp³-hybridized carbons (Fsp3) is 0.176. The van der Waals surface area contributed by atoms with E-state index in [2.05, 4.69) is 5.32 Å². The van der Waals surface area contributed by atoms with Crippen molar-refractivity contribution in [2.24, 2.45) is 7.05 Å². The number of halogens is 1. The van der Waals surface area contributed by atoms with Gasteiger partial charge in [0.05, 0.1) is 11.6 Å². The summed E-state index contributed by atoms with van der Waals surface area (Å²) in [5, 5.41) is 12.6. The number of amides is 2. The van der Waals surface area contributed by atoms with Crippen LogP contribution in [0.5, 0.6) is 0 Å². The Labute approximate surface area is 153 Å². The summed E-state index contributed by atoms with van der Waals surface area (Å²) in [6.45, 7) is 1.81. The first-order chi connectivity index (χ1) is 11.9. The maximum atomic E-state index is 12.6. The van der Waals surface area contributed by atoms with Crippen LogP contribution in [0, 0.1) is 0 Å². The van der Waals surface area contributed by atoms with Crippen LogP contribution in [0.4, 0.5) is 0 Å². The number of hydrogen-bond donors (Lipinski definition) is 3. The first kappa shape index (κ1) is 17.5. The van der Waals surface area contributed by atoms with Gasteiger partial charge in [0.15, 0.2) is 0 Å². The SMILES string of the molecule is C[C@H](NC(=O)c1cc2ccccc2n1C)c1cc(C(=O)NO)c(Cl)s1. The zero-order chi connectivity index (χ0) is 18.1. The maximum absolute atomic E-state index is 12.6. The van der Waals surface area contributed by atoms with E-state index in [1.54, 1.807) is 11.5 Å². The molecular formula is C17H16ClN3O3S. The minimum Gasteiger partial charge on any atom is -0.343 e. The molecule has 6 nitrogen and oxygen atoms in total. The topological polar surface area (TPSA) is 83.4 Å². The Hall–Kier alpha value is -2.35. The molecule has 8 heteroatoms. The normalized spacial score (nSPS) is 12.2. The van der Waals surface area contributed by atoms with E-state index in [1.165, 1.54) is 11.3 Å². The molecule has 0 fully saturated rings. The highest BCUT2D eigenvalue weighted by Gasteiger charge is 2.20. The minimum absolute atomic E-state index is 0.176. The smallest absolute Gasteiger partial charge is 0.277 e. The van der Waals surface area contributed by atoms with Crippen LogP contribution in [0.25, 0.3) is 10.9 Å². The van der Waals surface area contributed by atoms with Crippen molar-refractivity contribution in [2.75, 3.05) is 0 Å². The van der Waals surface area contributed by atoms with Crippen molar-refractivity contribution < 1.29 is 14.8 Å². The lowest BCUT2D eigenvalue weighted by molar-refractivity contribution is 0.0707. The average Bonchev–Trinajstić information content (AvgIpc) is 3.15. The van der Waals surface area contributed by atoms with Gasteiger partial charge in [-0.05, 0) is 25.1 Å². The number of rotatable bonds is 4. The molecule has 3 rings (SSSR count). The highest BCUT2D eigenvalue weighted by molar-refractivity contribution is 7.16. The quantitative estimate of drug-likeness (QED) is 0.480. The number of thiophene rings is 1. The van der Waals surface area contributed by atoms with Gasteiger partial charge in [-0.1, -0.05) is 29.8 Å². The second-order valence-electron chi connectivity index (χ2n) is 5.62. The predicted molar refractivity (Wildman–Crippen MR) is 97.4 cm³/mol. The molecule has 0 saturated heterocycles. The average molecular weight is 378 g/mol. The summed E-state index contributed by atoms with van der Waals surface area (Å²) in [4.78, 5) is 24.9. The largest absolute Gasteiger partial charge is 0.343 e. The molecule has 0 radical (unpaired) electrons. The van der Waals surface area contributed by atoms with Gasteiger partial charge < -0.3 is 9.88 Å². The van der Waals surface area contributed by atoms with Crippen molar-refractivity contribution in [3.8, 4) is 0 Å². The third-order valence-electron chi connectivity index (χ3n) is 4.01. The second-order valence-corrected chi connectivity index (χ2v) is 7.31. The molecule has 1 atom stereocenters. The van der Waals surface area contributed by atoms with E-state index in [0.717, 1.165) is 15.8 Å². The van der Waals surface area contributed by atoms with Gasteiger partial charge in [0, 0.05) is 22.8 Å². The summed E-state index contributed by atoms with van der Waals surface area (Å²) in [6, 6.07) is 10.8. The molecule has 0 spiro atoms. The molecule has 0 aliphatic heterocycles. The highest BCUT2D eigenvalue weighted by Crippen LogP contribution is 2.31. The van der Waals surface area contributed by atoms with Crippen molar-refractivity contribution in [1.82, 2.24) is 15.4 Å². The number of hydroxylamine groups is 1. The number of carbonyl (C=O) groups is 2. The van der Waals surface area contributed by atoms with Crippen LogP contribution in [0.1, 0.15) is 38.7 Å². The molecule has 2 heterocycles. The van der Waals surface area contributed by atoms with Gasteiger partial charge in [-0.2, -0.15) is 0 Å². The van der Waals surface area contributed by atoms with Crippen LogP contribution in [0.3, 0.4) is 0 Å². The third kappa shape index (κ3) is 3.26. The molecule has 1 aromatic carbocycles. The van der Waals surface area contributed by atoms with E-state index in [9.17, 15) is 9.59 Å². The molecule has 130 valence electrons. The van der Waals surface area contributed by atoms with Crippen LogP contribution in [0.15, 0.2) is 36.4 Å². The lowest BCUT2D eigenvalue weighted by atomic mass is 10.2. The Balaban J connectivity index is 1.82. The van der Waals surface area contributed by atoms with E-state index in [0.29, 0.717) is 5.69 Å². The van der Waals surface area contributed by atoms with Gasteiger partial charge in [0.2, 0.25) is 0 Å². The number of aryl methyl sites for hydroxylation is 1. The number of para-hydroxylation sites is 1. The summed E-state index contributed by atoms with van der Waals surface area (Å²) in [5.74, 6) is -0.899. The molecular weight excluding hydrogens is 362 g/mol. The van der Waals surface area contributed by atoms with Crippen LogP contribution >= 0.6 is 22.9 Å². The fourth-order valence-electron chi connectivity index (χ4n) is 2.66. The van der Waals surface area contributed by atoms with Crippen LogP contribution in [0.2, 0.25) is 4.34 Å². The lowest BCUT2D eigenvalue weighted by Crippen LogP contribution is -2.27. The molecule has 2 aromatic heterocycles. The van der Waals surface area contributed by atoms with E-state index in [4.69, 9.17) is 16.8 Å². The predicted octanol–water partition coefficient (Wildman–Crippen LogP) is 3.50. The molecule has 0 bridgehead atoms. The third-order valence-corrected chi connectivity index (χ3v) is 5.55. The van der Waals surface area contributed by atoms with E-state index in [1.807, 2.05) is 48.9 Å². The minimum atomic E-state index is -0.681. The summed E-state index contributed by atoms with van der Waals surface area (Å²) in [5.41, 5.74) is 3.25. The molecule has 3 N–H and O–H groups in total.